The Hall–Kier alpha value is -1.48. The van der Waals surface area contributed by atoms with Crippen molar-refractivity contribution in [1.82, 2.24) is 4.98 Å². The highest BCUT2D eigenvalue weighted by molar-refractivity contribution is 6.31. The average molecular weight is 264 g/mol. The van der Waals surface area contributed by atoms with Gasteiger partial charge in [-0.1, -0.05) is 11.6 Å². The van der Waals surface area contributed by atoms with Gasteiger partial charge < -0.3 is 10.1 Å². The Bertz CT molecular complexity index is 601. The van der Waals surface area contributed by atoms with Gasteiger partial charge in [0.1, 0.15) is 0 Å². The second-order valence-electron chi connectivity index (χ2n) is 4.98. The molecule has 2 aromatic rings. The number of halogens is 1. The van der Waals surface area contributed by atoms with E-state index in [2.05, 4.69) is 4.98 Å². The van der Waals surface area contributed by atoms with Crippen LogP contribution in [0.15, 0.2) is 24.4 Å². The molecule has 3 nitrogen and oxygen atoms in total. The van der Waals surface area contributed by atoms with Gasteiger partial charge in [-0.25, -0.2) is 0 Å². The number of carboxylic acid groups (broad SMARTS) is 1. The van der Waals surface area contributed by atoms with E-state index in [1.54, 1.807) is 0 Å². The summed E-state index contributed by atoms with van der Waals surface area (Å²) < 4.78 is 0. The first-order valence-corrected chi connectivity index (χ1v) is 6.51. The van der Waals surface area contributed by atoms with Gasteiger partial charge in [-0.05, 0) is 48.4 Å². The van der Waals surface area contributed by atoms with Gasteiger partial charge in [0.15, 0.2) is 0 Å². The molecule has 0 spiro atoms. The number of H-pyrrole nitrogens is 1. The van der Waals surface area contributed by atoms with E-state index in [0.717, 1.165) is 29.3 Å². The van der Waals surface area contributed by atoms with E-state index < -0.39 is 5.97 Å². The van der Waals surface area contributed by atoms with Gasteiger partial charge in [0.05, 0.1) is 6.42 Å². The molecule has 4 heteroatoms. The van der Waals surface area contributed by atoms with E-state index in [1.165, 1.54) is 0 Å². The molecule has 94 valence electrons. The summed E-state index contributed by atoms with van der Waals surface area (Å²) in [5.74, 6) is -0.114. The van der Waals surface area contributed by atoms with Crippen LogP contribution in [0.4, 0.5) is 0 Å². The number of aromatic amines is 1. The predicted molar refractivity (Wildman–Crippen MR) is 71.0 cm³/mol. The topological polar surface area (TPSA) is 53.1 Å². The quantitative estimate of drug-likeness (QED) is 0.882. The van der Waals surface area contributed by atoms with E-state index in [1.807, 2.05) is 24.4 Å². The molecule has 2 N–H and O–H groups in total. The molecule has 0 saturated heterocycles. The van der Waals surface area contributed by atoms with Gasteiger partial charge in [-0.15, -0.1) is 0 Å². The van der Waals surface area contributed by atoms with Crippen molar-refractivity contribution >= 4 is 28.5 Å². The van der Waals surface area contributed by atoms with E-state index in [-0.39, 0.29) is 12.3 Å². The van der Waals surface area contributed by atoms with Crippen molar-refractivity contribution in [3.63, 3.8) is 0 Å². The van der Waals surface area contributed by atoms with E-state index in [0.29, 0.717) is 10.9 Å². The number of nitrogens with one attached hydrogen (secondary N) is 1. The highest BCUT2D eigenvalue weighted by Crippen LogP contribution is 2.46. The first-order chi connectivity index (χ1) is 8.65. The Labute approximate surface area is 110 Å². The molecule has 0 radical (unpaired) electrons. The molecule has 0 amide bonds. The minimum absolute atomic E-state index is 0.106. The molecule has 18 heavy (non-hydrogen) atoms. The fourth-order valence-electron chi connectivity index (χ4n) is 2.64. The van der Waals surface area contributed by atoms with Crippen LogP contribution < -0.4 is 0 Å². The number of benzene rings is 1. The summed E-state index contributed by atoms with van der Waals surface area (Å²) >= 11 is 6.02. The molecule has 1 atom stereocenters. The molecular weight excluding hydrogens is 250 g/mol. The van der Waals surface area contributed by atoms with Crippen molar-refractivity contribution in [2.45, 2.75) is 25.2 Å². The average Bonchev–Trinajstić information content (AvgIpc) is 3.07. The Morgan fingerprint density at radius 1 is 1.50 bits per heavy atom. The summed E-state index contributed by atoms with van der Waals surface area (Å²) in [5.41, 5.74) is 2.11. The van der Waals surface area contributed by atoms with Gasteiger partial charge in [-0.2, -0.15) is 0 Å². The summed E-state index contributed by atoms with van der Waals surface area (Å²) in [7, 11) is 0. The van der Waals surface area contributed by atoms with Gasteiger partial charge in [0.2, 0.25) is 0 Å². The Morgan fingerprint density at radius 3 is 2.94 bits per heavy atom. The third-order valence-electron chi connectivity index (χ3n) is 3.66. The summed E-state index contributed by atoms with van der Waals surface area (Å²) in [6.45, 7) is 0. The first kappa shape index (κ1) is 11.6. The summed E-state index contributed by atoms with van der Waals surface area (Å²) in [5, 5.41) is 10.8. The lowest BCUT2D eigenvalue weighted by Crippen LogP contribution is -2.07. The number of aromatic nitrogens is 1. The lowest BCUT2D eigenvalue weighted by atomic mass is 9.91. The maximum absolute atomic E-state index is 11.0. The summed E-state index contributed by atoms with van der Waals surface area (Å²) in [6, 6.07) is 5.69. The standard InChI is InChI=1S/C14H14ClNO2/c15-9-3-4-13-11(5-9)12(7-16-13)10(6-14(17)18)8-1-2-8/h3-5,7-8,10,16H,1-2,6H2,(H,17,18). The lowest BCUT2D eigenvalue weighted by Gasteiger charge is -2.13. The number of aliphatic carboxylic acids is 1. The molecule has 1 saturated carbocycles. The largest absolute Gasteiger partial charge is 0.481 e. The molecule has 1 aliphatic carbocycles. The van der Waals surface area contributed by atoms with Gasteiger partial charge in [0.25, 0.3) is 0 Å². The van der Waals surface area contributed by atoms with E-state index in [9.17, 15) is 4.79 Å². The highest BCUT2D eigenvalue weighted by Gasteiger charge is 2.34. The second-order valence-corrected chi connectivity index (χ2v) is 5.41. The van der Waals surface area contributed by atoms with Gasteiger partial charge >= 0.3 is 5.97 Å². The SMILES string of the molecule is O=C(O)CC(c1c[nH]c2ccc(Cl)cc12)C1CC1. The van der Waals surface area contributed by atoms with E-state index in [4.69, 9.17) is 16.7 Å². The predicted octanol–water partition coefficient (Wildman–Crippen LogP) is 3.79. The van der Waals surface area contributed by atoms with Crippen molar-refractivity contribution in [3.05, 3.63) is 35.0 Å². The third kappa shape index (κ3) is 2.10. The fourth-order valence-corrected chi connectivity index (χ4v) is 2.81. The molecule has 1 unspecified atom stereocenters. The maximum atomic E-state index is 11.0. The van der Waals surface area contributed by atoms with Crippen LogP contribution in [0.1, 0.15) is 30.7 Å². The van der Waals surface area contributed by atoms with Crippen LogP contribution in [0.25, 0.3) is 10.9 Å². The number of carboxylic acids is 1. The highest BCUT2D eigenvalue weighted by atomic mass is 35.5. The van der Waals surface area contributed by atoms with Crippen LogP contribution in [-0.2, 0) is 4.79 Å². The molecule has 1 fully saturated rings. The Morgan fingerprint density at radius 2 is 2.28 bits per heavy atom. The smallest absolute Gasteiger partial charge is 0.303 e. The molecule has 0 bridgehead atoms. The minimum Gasteiger partial charge on any atom is -0.481 e. The molecule has 1 aromatic heterocycles. The second kappa shape index (κ2) is 4.32. The zero-order chi connectivity index (χ0) is 12.7. The first-order valence-electron chi connectivity index (χ1n) is 6.13. The van der Waals surface area contributed by atoms with E-state index >= 15 is 0 Å². The molecule has 1 heterocycles. The van der Waals surface area contributed by atoms with Crippen LogP contribution in [-0.4, -0.2) is 16.1 Å². The monoisotopic (exact) mass is 263 g/mol. The number of hydrogen-bond donors (Lipinski definition) is 2. The van der Waals surface area contributed by atoms with Crippen molar-refractivity contribution in [1.29, 1.82) is 0 Å². The third-order valence-corrected chi connectivity index (χ3v) is 3.90. The van der Waals surface area contributed by atoms with Crippen molar-refractivity contribution in [3.8, 4) is 0 Å². The fraction of sp³-hybridized carbons (Fsp3) is 0.357. The summed E-state index contributed by atoms with van der Waals surface area (Å²) in [6.07, 6.45) is 4.40. The van der Waals surface area contributed by atoms with Crippen molar-refractivity contribution in [2.75, 3.05) is 0 Å². The number of carbonyl (C=O) groups is 1. The summed E-state index contributed by atoms with van der Waals surface area (Å²) in [4.78, 5) is 14.2. The number of rotatable bonds is 4. The zero-order valence-electron chi connectivity index (χ0n) is 9.82. The van der Waals surface area contributed by atoms with Crippen LogP contribution in [0.2, 0.25) is 5.02 Å². The normalized spacial score (nSPS) is 16.9. The lowest BCUT2D eigenvalue weighted by molar-refractivity contribution is -0.137. The van der Waals surface area contributed by atoms with Crippen LogP contribution in [0.3, 0.4) is 0 Å². The van der Waals surface area contributed by atoms with Crippen molar-refractivity contribution in [2.24, 2.45) is 5.92 Å². The molecular formula is C14H14ClNO2. The van der Waals surface area contributed by atoms with Crippen LogP contribution >= 0.6 is 11.6 Å². The molecule has 1 aliphatic rings. The van der Waals surface area contributed by atoms with Crippen LogP contribution in [0, 0.1) is 5.92 Å². The van der Waals surface area contributed by atoms with Crippen LogP contribution in [0.5, 0.6) is 0 Å². The zero-order valence-corrected chi connectivity index (χ0v) is 10.6. The van der Waals surface area contributed by atoms with Gasteiger partial charge in [0, 0.05) is 22.1 Å². The van der Waals surface area contributed by atoms with Crippen molar-refractivity contribution < 1.29 is 9.90 Å². The minimum atomic E-state index is -0.733. The number of fused-ring (bicyclic) bond motifs is 1. The van der Waals surface area contributed by atoms with Gasteiger partial charge in [-0.3, -0.25) is 4.79 Å². The number of hydrogen-bond acceptors (Lipinski definition) is 1. The maximum Gasteiger partial charge on any atom is 0.303 e. The molecule has 1 aromatic carbocycles. The molecule has 3 rings (SSSR count). The Balaban J connectivity index is 2.05. The Kier molecular flexibility index (Phi) is 2.78. The molecule has 0 aliphatic heterocycles.